The van der Waals surface area contributed by atoms with Gasteiger partial charge in [0.05, 0.1) is 25.6 Å². The molecule has 2 atom stereocenters. The predicted octanol–water partition coefficient (Wildman–Crippen LogP) is 4.24. The van der Waals surface area contributed by atoms with E-state index in [1.807, 2.05) is 44.4 Å². The minimum atomic E-state index is -0.437. The summed E-state index contributed by atoms with van der Waals surface area (Å²) in [7, 11) is 3.46. The summed E-state index contributed by atoms with van der Waals surface area (Å²) in [5.74, 6) is 0.971. The van der Waals surface area contributed by atoms with Gasteiger partial charge in [-0.2, -0.15) is 5.10 Å². The third-order valence-corrected chi connectivity index (χ3v) is 7.65. The number of amides is 2. The zero-order valence-electron chi connectivity index (χ0n) is 20.9. The number of thiophene rings is 1. The lowest BCUT2D eigenvalue weighted by Crippen LogP contribution is -2.27. The summed E-state index contributed by atoms with van der Waals surface area (Å²) in [5, 5.41) is 10.6. The zero-order valence-corrected chi connectivity index (χ0v) is 21.7. The van der Waals surface area contributed by atoms with Crippen LogP contribution in [0.25, 0.3) is 0 Å². The number of hydrogen-bond acceptors (Lipinski definition) is 7. The van der Waals surface area contributed by atoms with Gasteiger partial charge in [0.15, 0.2) is 0 Å². The number of anilines is 2. The molecule has 2 unspecified atom stereocenters. The molecule has 0 spiro atoms. The van der Waals surface area contributed by atoms with Gasteiger partial charge in [-0.3, -0.25) is 9.48 Å². The summed E-state index contributed by atoms with van der Waals surface area (Å²) in [5.41, 5.74) is 10.1. The Kier molecular flexibility index (Phi) is 8.14. The minimum absolute atomic E-state index is 0.0433. The van der Waals surface area contributed by atoms with Gasteiger partial charge in [-0.1, -0.05) is 19.1 Å². The van der Waals surface area contributed by atoms with Crippen molar-refractivity contribution in [1.82, 2.24) is 15.1 Å². The number of aromatic nitrogens is 2. The molecular formula is C26H33N5O4S. The second-order valence-electron chi connectivity index (χ2n) is 9.26. The summed E-state index contributed by atoms with van der Waals surface area (Å²) in [6.07, 6.45) is 5.92. The number of fused-ring (bicyclic) bond motifs is 1. The molecule has 1 aliphatic carbocycles. The fraction of sp³-hybridized carbons (Fsp3) is 0.423. The number of benzene rings is 1. The lowest BCUT2D eigenvalue weighted by atomic mass is 9.89. The van der Waals surface area contributed by atoms with Gasteiger partial charge in [0.2, 0.25) is 5.91 Å². The predicted molar refractivity (Wildman–Crippen MR) is 140 cm³/mol. The van der Waals surface area contributed by atoms with Gasteiger partial charge in [0.25, 0.3) is 0 Å². The van der Waals surface area contributed by atoms with Gasteiger partial charge < -0.3 is 25.8 Å². The van der Waals surface area contributed by atoms with Gasteiger partial charge in [-0.25, -0.2) is 4.79 Å². The van der Waals surface area contributed by atoms with Crippen LogP contribution in [0.15, 0.2) is 36.7 Å². The lowest BCUT2D eigenvalue weighted by Gasteiger charge is -2.22. The third kappa shape index (κ3) is 6.37. The highest BCUT2D eigenvalue weighted by molar-refractivity contribution is 7.17. The number of nitrogens with two attached hydrogens (primary N) is 1. The Balaban J connectivity index is 1.27. The number of nitrogens with zero attached hydrogens (tertiary/aromatic N) is 2. The Hall–Kier alpha value is -3.53. The zero-order chi connectivity index (χ0) is 25.7. The fourth-order valence-corrected chi connectivity index (χ4v) is 5.72. The lowest BCUT2D eigenvalue weighted by molar-refractivity contribution is -0.116. The number of carbonyl (C=O) groups is 2. The van der Waals surface area contributed by atoms with Crippen LogP contribution in [-0.2, 0) is 36.0 Å². The number of aryl methyl sites for hydroxylation is 1. The molecule has 0 bridgehead atoms. The average molecular weight is 512 g/mol. The fourth-order valence-electron chi connectivity index (χ4n) is 4.42. The van der Waals surface area contributed by atoms with E-state index in [1.165, 1.54) is 11.3 Å². The largest absolute Gasteiger partial charge is 0.497 e. The quantitative estimate of drug-likeness (QED) is 0.395. The van der Waals surface area contributed by atoms with Crippen molar-refractivity contribution in [1.29, 1.82) is 0 Å². The molecule has 0 aliphatic heterocycles. The van der Waals surface area contributed by atoms with Gasteiger partial charge in [-0.05, 0) is 54.4 Å². The first-order valence-corrected chi connectivity index (χ1v) is 12.9. The molecule has 2 heterocycles. The van der Waals surface area contributed by atoms with Crippen molar-refractivity contribution < 1.29 is 19.1 Å². The van der Waals surface area contributed by atoms with E-state index < -0.39 is 6.09 Å². The highest BCUT2D eigenvalue weighted by Gasteiger charge is 2.26. The van der Waals surface area contributed by atoms with Crippen molar-refractivity contribution in [2.45, 2.75) is 45.1 Å². The van der Waals surface area contributed by atoms with Crippen LogP contribution < -0.4 is 21.1 Å². The standard InChI is InChI=1S/C26H33N5O4S/c1-16(19-5-4-6-20(11-19)34-3)9-23(32)30-25-24(27)21-8-7-17(10-22(21)36-25)15-35-26(33)28-12-18-13-29-31(2)14-18/h4-6,11,13-14,16-17H,7-10,12,15,27H2,1-3H3,(H,28,33)(H,30,32). The van der Waals surface area contributed by atoms with Crippen LogP contribution in [0.5, 0.6) is 5.75 Å². The van der Waals surface area contributed by atoms with Crippen molar-refractivity contribution in [3.05, 3.63) is 58.2 Å². The van der Waals surface area contributed by atoms with E-state index in [0.29, 0.717) is 30.3 Å². The number of nitrogen functional groups attached to an aromatic ring is 1. The SMILES string of the molecule is COc1cccc(C(C)CC(=O)Nc2sc3c(c2N)CCC(COC(=O)NCc2cnn(C)c2)C3)c1. The Labute approximate surface area is 215 Å². The number of alkyl carbamates (subject to hydrolysis) is 1. The number of rotatable bonds is 9. The van der Waals surface area contributed by atoms with Crippen molar-refractivity contribution >= 4 is 34.0 Å². The molecule has 10 heteroatoms. The van der Waals surface area contributed by atoms with Crippen LogP contribution in [0.3, 0.4) is 0 Å². The van der Waals surface area contributed by atoms with Crippen LogP contribution in [0.4, 0.5) is 15.5 Å². The molecule has 36 heavy (non-hydrogen) atoms. The molecular weight excluding hydrogens is 478 g/mol. The first kappa shape index (κ1) is 25.6. The maximum absolute atomic E-state index is 12.8. The second kappa shape index (κ2) is 11.5. The van der Waals surface area contributed by atoms with Crippen LogP contribution in [-0.4, -0.2) is 35.5 Å². The number of methoxy groups -OCH3 is 1. The van der Waals surface area contributed by atoms with E-state index in [1.54, 1.807) is 18.0 Å². The smallest absolute Gasteiger partial charge is 0.407 e. The molecule has 9 nitrogen and oxygen atoms in total. The molecule has 0 saturated heterocycles. The summed E-state index contributed by atoms with van der Waals surface area (Å²) in [4.78, 5) is 26.0. The topological polar surface area (TPSA) is 120 Å². The van der Waals surface area contributed by atoms with Crippen molar-refractivity contribution in [3.8, 4) is 5.75 Å². The number of hydrogen-bond donors (Lipinski definition) is 3. The molecule has 4 N–H and O–H groups in total. The molecule has 1 aliphatic rings. The third-order valence-electron chi connectivity index (χ3n) is 6.46. The van der Waals surface area contributed by atoms with E-state index in [2.05, 4.69) is 15.7 Å². The molecule has 2 amide bonds. The molecule has 192 valence electrons. The van der Waals surface area contributed by atoms with Crippen LogP contribution in [0.1, 0.15) is 47.3 Å². The van der Waals surface area contributed by atoms with Gasteiger partial charge in [-0.15, -0.1) is 11.3 Å². The van der Waals surface area contributed by atoms with Crippen LogP contribution >= 0.6 is 11.3 Å². The monoisotopic (exact) mass is 511 g/mol. The van der Waals surface area contributed by atoms with E-state index in [4.69, 9.17) is 15.2 Å². The molecule has 4 rings (SSSR count). The summed E-state index contributed by atoms with van der Waals surface area (Å²) >= 11 is 1.52. The summed E-state index contributed by atoms with van der Waals surface area (Å²) < 4.78 is 12.4. The Bertz CT molecular complexity index is 1220. The van der Waals surface area contributed by atoms with Gasteiger partial charge >= 0.3 is 6.09 Å². The first-order chi connectivity index (χ1) is 17.3. The minimum Gasteiger partial charge on any atom is -0.497 e. The van der Waals surface area contributed by atoms with Crippen molar-refractivity contribution in [2.75, 3.05) is 24.8 Å². The van der Waals surface area contributed by atoms with E-state index >= 15 is 0 Å². The second-order valence-corrected chi connectivity index (χ2v) is 10.4. The average Bonchev–Trinajstić information content (AvgIpc) is 3.43. The van der Waals surface area contributed by atoms with E-state index in [0.717, 1.165) is 46.6 Å². The normalized spacial score (nSPS) is 15.6. The summed E-state index contributed by atoms with van der Waals surface area (Å²) in [6.45, 7) is 2.74. The molecule has 3 aromatic rings. The van der Waals surface area contributed by atoms with Crippen LogP contribution in [0.2, 0.25) is 0 Å². The van der Waals surface area contributed by atoms with Crippen LogP contribution in [0, 0.1) is 5.92 Å². The molecule has 0 radical (unpaired) electrons. The highest BCUT2D eigenvalue weighted by atomic mass is 32.1. The summed E-state index contributed by atoms with van der Waals surface area (Å²) in [6, 6.07) is 7.77. The molecule has 1 aromatic carbocycles. The highest BCUT2D eigenvalue weighted by Crippen LogP contribution is 2.42. The molecule has 0 fully saturated rings. The maximum Gasteiger partial charge on any atom is 0.407 e. The van der Waals surface area contributed by atoms with E-state index in [9.17, 15) is 9.59 Å². The Morgan fingerprint density at radius 1 is 1.36 bits per heavy atom. The van der Waals surface area contributed by atoms with E-state index in [-0.39, 0.29) is 17.7 Å². The van der Waals surface area contributed by atoms with Gasteiger partial charge in [0.1, 0.15) is 10.8 Å². The number of nitrogens with one attached hydrogen (secondary N) is 2. The Morgan fingerprint density at radius 2 is 2.19 bits per heavy atom. The maximum atomic E-state index is 12.8. The van der Waals surface area contributed by atoms with Crippen molar-refractivity contribution in [2.24, 2.45) is 13.0 Å². The Morgan fingerprint density at radius 3 is 2.94 bits per heavy atom. The molecule has 0 saturated carbocycles. The van der Waals surface area contributed by atoms with Crippen molar-refractivity contribution in [3.63, 3.8) is 0 Å². The first-order valence-electron chi connectivity index (χ1n) is 12.0. The van der Waals surface area contributed by atoms with Gasteiger partial charge in [0, 0.05) is 36.7 Å². The number of carbonyl (C=O) groups excluding carboxylic acids is 2. The number of ether oxygens (including phenoxy) is 2. The molecule has 2 aromatic heterocycles.